The third-order valence-corrected chi connectivity index (χ3v) is 6.25. The van der Waals surface area contributed by atoms with Crippen molar-refractivity contribution in [3.05, 3.63) is 83.2 Å². The van der Waals surface area contributed by atoms with Crippen LogP contribution in [0.1, 0.15) is 22.5 Å². The van der Waals surface area contributed by atoms with E-state index in [1.807, 2.05) is 47.8 Å². The van der Waals surface area contributed by atoms with Crippen molar-refractivity contribution < 1.29 is 4.79 Å². The predicted octanol–water partition coefficient (Wildman–Crippen LogP) is 3.27. The molecule has 3 aromatic rings. The van der Waals surface area contributed by atoms with E-state index in [0.717, 1.165) is 49.8 Å². The van der Waals surface area contributed by atoms with Gasteiger partial charge in [0.15, 0.2) is 0 Å². The van der Waals surface area contributed by atoms with Gasteiger partial charge in [-0.25, -0.2) is 4.68 Å². The molecule has 4 rings (SSSR count). The van der Waals surface area contributed by atoms with Gasteiger partial charge >= 0.3 is 0 Å². The highest BCUT2D eigenvalue weighted by molar-refractivity contribution is 5.78. The number of carbonyl (C=O) groups excluding carboxylic acids is 1. The average Bonchev–Trinajstić information content (AvgIpc) is 3.09. The number of likely N-dealkylation sites (N-methyl/N-ethyl adjacent to an activating group) is 1. The van der Waals surface area contributed by atoms with Gasteiger partial charge < -0.3 is 4.90 Å². The van der Waals surface area contributed by atoms with Crippen molar-refractivity contribution in [1.29, 1.82) is 0 Å². The Morgan fingerprint density at radius 2 is 1.56 bits per heavy atom. The fourth-order valence-corrected chi connectivity index (χ4v) is 4.38. The zero-order valence-electron chi connectivity index (χ0n) is 19.4. The van der Waals surface area contributed by atoms with Gasteiger partial charge in [-0.2, -0.15) is 5.10 Å². The minimum absolute atomic E-state index is 0.206. The van der Waals surface area contributed by atoms with Crippen LogP contribution < -0.4 is 0 Å². The van der Waals surface area contributed by atoms with Crippen molar-refractivity contribution >= 4 is 5.91 Å². The molecule has 1 saturated heterocycles. The smallest absolute Gasteiger partial charge is 0.236 e. The van der Waals surface area contributed by atoms with Crippen molar-refractivity contribution in [3.8, 4) is 5.69 Å². The molecule has 1 amide bonds. The molecule has 1 aliphatic rings. The molecule has 6 heteroatoms. The number of para-hydroxylation sites is 1. The normalized spacial score (nSPS) is 14.8. The molecule has 6 nitrogen and oxygen atoms in total. The number of hydrogen-bond donors (Lipinski definition) is 0. The van der Waals surface area contributed by atoms with Gasteiger partial charge in [0.05, 0.1) is 17.9 Å². The molecule has 0 saturated carbocycles. The van der Waals surface area contributed by atoms with Crippen LogP contribution in [-0.4, -0.2) is 70.2 Å². The number of aromatic nitrogens is 2. The Kier molecular flexibility index (Phi) is 7.02. The van der Waals surface area contributed by atoms with Crippen LogP contribution in [0, 0.1) is 13.8 Å². The Hall–Kier alpha value is -2.96. The Morgan fingerprint density at radius 1 is 0.938 bits per heavy atom. The third-order valence-electron chi connectivity index (χ3n) is 6.25. The first-order valence-corrected chi connectivity index (χ1v) is 11.3. The standard InChI is InChI=1S/C26H33N5O/c1-21-25(22(2)31(27-21)24-12-8-5-9-13-24)19-28(3)20-26(32)30-16-14-29(15-17-30)18-23-10-6-4-7-11-23/h4-13H,14-20H2,1-3H3. The second-order valence-electron chi connectivity index (χ2n) is 8.71. The molecule has 2 aromatic carbocycles. The van der Waals surface area contributed by atoms with Crippen LogP contribution in [0.25, 0.3) is 5.69 Å². The Labute approximate surface area is 191 Å². The second-order valence-corrected chi connectivity index (χ2v) is 8.71. The number of aryl methyl sites for hydroxylation is 1. The van der Waals surface area contributed by atoms with E-state index in [2.05, 4.69) is 53.1 Å². The van der Waals surface area contributed by atoms with E-state index in [4.69, 9.17) is 5.10 Å². The molecule has 1 aliphatic heterocycles. The average molecular weight is 432 g/mol. The van der Waals surface area contributed by atoms with Crippen molar-refractivity contribution in [2.45, 2.75) is 26.9 Å². The molecular weight excluding hydrogens is 398 g/mol. The molecule has 2 heterocycles. The topological polar surface area (TPSA) is 44.6 Å². The lowest BCUT2D eigenvalue weighted by atomic mass is 10.2. The van der Waals surface area contributed by atoms with Gasteiger partial charge in [0.1, 0.15) is 0 Å². The summed E-state index contributed by atoms with van der Waals surface area (Å²) in [6, 6.07) is 20.7. The first kappa shape index (κ1) is 22.2. The lowest BCUT2D eigenvalue weighted by molar-refractivity contribution is -0.134. The van der Waals surface area contributed by atoms with Crippen molar-refractivity contribution in [2.75, 3.05) is 39.8 Å². The van der Waals surface area contributed by atoms with Gasteiger partial charge in [0.2, 0.25) is 5.91 Å². The summed E-state index contributed by atoms with van der Waals surface area (Å²) >= 11 is 0. The van der Waals surface area contributed by atoms with Gasteiger partial charge in [-0.05, 0) is 38.6 Å². The van der Waals surface area contributed by atoms with Crippen LogP contribution in [0.5, 0.6) is 0 Å². The fourth-order valence-electron chi connectivity index (χ4n) is 4.38. The molecule has 0 spiro atoms. The molecule has 168 valence electrons. The van der Waals surface area contributed by atoms with Crippen LogP contribution in [0.2, 0.25) is 0 Å². The molecular formula is C26H33N5O. The minimum atomic E-state index is 0.206. The second kappa shape index (κ2) is 10.1. The Balaban J connectivity index is 1.30. The number of rotatable bonds is 7. The molecule has 0 radical (unpaired) electrons. The van der Waals surface area contributed by atoms with E-state index >= 15 is 0 Å². The predicted molar refractivity (Wildman–Crippen MR) is 128 cm³/mol. The monoisotopic (exact) mass is 431 g/mol. The number of benzene rings is 2. The summed E-state index contributed by atoms with van der Waals surface area (Å²) in [6.45, 7) is 9.67. The maximum absolute atomic E-state index is 12.9. The SMILES string of the molecule is Cc1nn(-c2ccccc2)c(C)c1CN(C)CC(=O)N1CCN(Cc2ccccc2)CC1. The molecule has 1 aromatic heterocycles. The highest BCUT2D eigenvalue weighted by Gasteiger charge is 2.23. The summed E-state index contributed by atoms with van der Waals surface area (Å²) in [6.07, 6.45) is 0. The summed E-state index contributed by atoms with van der Waals surface area (Å²) < 4.78 is 1.99. The third kappa shape index (κ3) is 5.26. The van der Waals surface area contributed by atoms with Crippen LogP contribution >= 0.6 is 0 Å². The Bertz CT molecular complexity index is 1020. The van der Waals surface area contributed by atoms with E-state index in [1.54, 1.807) is 0 Å². The molecule has 0 atom stereocenters. The van der Waals surface area contributed by atoms with E-state index in [0.29, 0.717) is 13.1 Å². The van der Waals surface area contributed by atoms with Crippen LogP contribution in [0.3, 0.4) is 0 Å². The summed E-state index contributed by atoms with van der Waals surface area (Å²) in [5, 5.41) is 4.73. The van der Waals surface area contributed by atoms with Gasteiger partial charge in [0, 0.05) is 50.5 Å². The lowest BCUT2D eigenvalue weighted by Crippen LogP contribution is -2.50. The van der Waals surface area contributed by atoms with E-state index in [1.165, 1.54) is 11.1 Å². The van der Waals surface area contributed by atoms with Gasteiger partial charge in [-0.3, -0.25) is 14.6 Å². The summed E-state index contributed by atoms with van der Waals surface area (Å²) in [4.78, 5) is 19.4. The molecule has 0 N–H and O–H groups in total. The van der Waals surface area contributed by atoms with Gasteiger partial charge in [-0.1, -0.05) is 48.5 Å². The minimum Gasteiger partial charge on any atom is -0.339 e. The number of carbonyl (C=O) groups is 1. The molecule has 0 unspecified atom stereocenters. The highest BCUT2D eigenvalue weighted by Crippen LogP contribution is 2.19. The Morgan fingerprint density at radius 3 is 2.22 bits per heavy atom. The maximum Gasteiger partial charge on any atom is 0.236 e. The molecule has 32 heavy (non-hydrogen) atoms. The molecule has 1 fully saturated rings. The fraction of sp³-hybridized carbons (Fsp3) is 0.385. The first-order chi connectivity index (χ1) is 15.5. The molecule has 0 aliphatic carbocycles. The van der Waals surface area contributed by atoms with E-state index in [-0.39, 0.29) is 5.91 Å². The van der Waals surface area contributed by atoms with Crippen LogP contribution in [0.15, 0.2) is 60.7 Å². The molecule has 0 bridgehead atoms. The first-order valence-electron chi connectivity index (χ1n) is 11.3. The van der Waals surface area contributed by atoms with Crippen molar-refractivity contribution in [3.63, 3.8) is 0 Å². The van der Waals surface area contributed by atoms with Gasteiger partial charge in [-0.15, -0.1) is 0 Å². The highest BCUT2D eigenvalue weighted by atomic mass is 16.2. The maximum atomic E-state index is 12.9. The summed E-state index contributed by atoms with van der Waals surface area (Å²) in [5.74, 6) is 0.206. The largest absolute Gasteiger partial charge is 0.339 e. The van der Waals surface area contributed by atoms with E-state index in [9.17, 15) is 4.79 Å². The summed E-state index contributed by atoms with van der Waals surface area (Å²) in [7, 11) is 2.02. The lowest BCUT2D eigenvalue weighted by Gasteiger charge is -2.35. The van der Waals surface area contributed by atoms with E-state index < -0.39 is 0 Å². The van der Waals surface area contributed by atoms with Crippen molar-refractivity contribution in [2.24, 2.45) is 0 Å². The quantitative estimate of drug-likeness (QED) is 0.576. The zero-order valence-corrected chi connectivity index (χ0v) is 19.4. The van der Waals surface area contributed by atoms with Crippen LogP contribution in [0.4, 0.5) is 0 Å². The number of piperazine rings is 1. The number of nitrogens with zero attached hydrogens (tertiary/aromatic N) is 5. The van der Waals surface area contributed by atoms with Gasteiger partial charge in [0.25, 0.3) is 0 Å². The van der Waals surface area contributed by atoms with Crippen molar-refractivity contribution in [1.82, 2.24) is 24.5 Å². The number of amides is 1. The van der Waals surface area contributed by atoms with Crippen LogP contribution in [-0.2, 0) is 17.9 Å². The zero-order chi connectivity index (χ0) is 22.5. The summed E-state index contributed by atoms with van der Waals surface area (Å²) in [5.41, 5.74) is 5.72. The number of hydrogen-bond acceptors (Lipinski definition) is 4.